The van der Waals surface area contributed by atoms with E-state index in [-0.39, 0.29) is 25.2 Å². The first-order valence-electron chi connectivity index (χ1n) is 9.95. The molecule has 1 aromatic carbocycles. The van der Waals surface area contributed by atoms with Crippen molar-refractivity contribution >= 4 is 17.8 Å². The molecule has 29 heavy (non-hydrogen) atoms. The van der Waals surface area contributed by atoms with Crippen molar-refractivity contribution < 1.29 is 23.9 Å². The number of benzene rings is 1. The van der Waals surface area contributed by atoms with Crippen molar-refractivity contribution in [2.45, 2.75) is 65.0 Å². The van der Waals surface area contributed by atoms with E-state index in [1.807, 2.05) is 30.3 Å². The van der Waals surface area contributed by atoms with Crippen LogP contribution in [-0.2, 0) is 19.1 Å². The fraction of sp³-hybridized carbons (Fsp3) is 0.522. The van der Waals surface area contributed by atoms with Gasteiger partial charge in [0, 0.05) is 12.0 Å². The van der Waals surface area contributed by atoms with E-state index in [0.29, 0.717) is 18.4 Å². The van der Waals surface area contributed by atoms with Gasteiger partial charge in [0.15, 0.2) is 11.2 Å². The van der Waals surface area contributed by atoms with Gasteiger partial charge in [-0.05, 0) is 52.7 Å². The Morgan fingerprint density at radius 3 is 2.48 bits per heavy atom. The maximum atomic E-state index is 13.0. The third-order valence-electron chi connectivity index (χ3n) is 4.65. The number of carbonyl (C=O) groups is 3. The summed E-state index contributed by atoms with van der Waals surface area (Å²) >= 11 is 0. The van der Waals surface area contributed by atoms with Gasteiger partial charge in [-0.1, -0.05) is 36.5 Å². The Bertz CT molecular complexity index is 800. The largest absolute Gasteiger partial charge is 0.465 e. The van der Waals surface area contributed by atoms with E-state index in [1.165, 1.54) is 0 Å². The van der Waals surface area contributed by atoms with Gasteiger partial charge in [0.2, 0.25) is 0 Å². The zero-order valence-electron chi connectivity index (χ0n) is 17.5. The average molecular weight is 399 g/mol. The molecule has 0 bridgehead atoms. The second-order valence-corrected chi connectivity index (χ2v) is 8.04. The molecule has 1 aliphatic carbocycles. The summed E-state index contributed by atoms with van der Waals surface area (Å²) in [5.74, 6) is 5.02. The second kappa shape index (κ2) is 9.60. The lowest BCUT2D eigenvalue weighted by Gasteiger charge is -2.37. The molecule has 0 radical (unpaired) electrons. The van der Waals surface area contributed by atoms with Crippen LogP contribution in [0.2, 0.25) is 0 Å². The SMILES string of the molecule is CCOC(=O)C1(C(C#Cc2ccccc2)NC(=O)OC(C)(C)C)CCCCC1=O. The summed E-state index contributed by atoms with van der Waals surface area (Å²) < 4.78 is 10.6. The smallest absolute Gasteiger partial charge is 0.408 e. The summed E-state index contributed by atoms with van der Waals surface area (Å²) in [4.78, 5) is 38.4. The van der Waals surface area contributed by atoms with Crippen LogP contribution >= 0.6 is 0 Å². The molecule has 2 atom stereocenters. The number of esters is 1. The lowest BCUT2D eigenvalue weighted by molar-refractivity contribution is -0.163. The Balaban J connectivity index is 2.47. The predicted octanol–water partition coefficient (Wildman–Crippen LogP) is 3.62. The van der Waals surface area contributed by atoms with Gasteiger partial charge in [-0.3, -0.25) is 9.59 Å². The molecule has 0 spiro atoms. The highest BCUT2D eigenvalue weighted by Gasteiger charge is 2.54. The molecule has 156 valence electrons. The van der Waals surface area contributed by atoms with Crippen molar-refractivity contribution in [3.63, 3.8) is 0 Å². The maximum absolute atomic E-state index is 13.0. The van der Waals surface area contributed by atoms with Crippen LogP contribution in [0.4, 0.5) is 4.79 Å². The summed E-state index contributed by atoms with van der Waals surface area (Å²) in [6.07, 6.45) is 1.16. The number of alkyl carbamates (subject to hydrolysis) is 1. The van der Waals surface area contributed by atoms with Crippen LogP contribution in [0.25, 0.3) is 0 Å². The third kappa shape index (κ3) is 5.83. The van der Waals surface area contributed by atoms with E-state index in [2.05, 4.69) is 17.2 Å². The van der Waals surface area contributed by atoms with Crippen LogP contribution in [0, 0.1) is 17.3 Å². The fourth-order valence-electron chi connectivity index (χ4n) is 3.34. The lowest BCUT2D eigenvalue weighted by Crippen LogP contribution is -2.58. The molecule has 0 saturated heterocycles. The summed E-state index contributed by atoms with van der Waals surface area (Å²) in [7, 11) is 0. The molecule has 2 rings (SSSR count). The molecule has 1 saturated carbocycles. The van der Waals surface area contributed by atoms with E-state index in [9.17, 15) is 14.4 Å². The first-order chi connectivity index (χ1) is 13.7. The van der Waals surface area contributed by atoms with Gasteiger partial charge in [-0.15, -0.1) is 0 Å². The first-order valence-corrected chi connectivity index (χ1v) is 9.95. The third-order valence-corrected chi connectivity index (χ3v) is 4.65. The van der Waals surface area contributed by atoms with Crippen LogP contribution in [0.15, 0.2) is 30.3 Å². The van der Waals surface area contributed by atoms with Crippen molar-refractivity contribution in [2.24, 2.45) is 5.41 Å². The number of hydrogen-bond acceptors (Lipinski definition) is 5. The average Bonchev–Trinajstić information content (AvgIpc) is 2.65. The van der Waals surface area contributed by atoms with Gasteiger partial charge in [0.05, 0.1) is 6.61 Å². The number of ether oxygens (including phenoxy) is 2. The summed E-state index contributed by atoms with van der Waals surface area (Å²) in [5, 5.41) is 2.67. The van der Waals surface area contributed by atoms with Gasteiger partial charge < -0.3 is 14.8 Å². The minimum absolute atomic E-state index is 0.138. The minimum atomic E-state index is -1.53. The zero-order chi connectivity index (χ0) is 21.5. The predicted molar refractivity (Wildman–Crippen MR) is 109 cm³/mol. The van der Waals surface area contributed by atoms with Crippen molar-refractivity contribution in [3.8, 4) is 11.8 Å². The summed E-state index contributed by atoms with van der Waals surface area (Å²) in [6, 6.07) is 8.13. The Kier molecular flexibility index (Phi) is 7.44. The van der Waals surface area contributed by atoms with Crippen LogP contribution in [0.1, 0.15) is 58.9 Å². The molecule has 0 heterocycles. The monoisotopic (exact) mass is 399 g/mol. The summed E-state index contributed by atoms with van der Waals surface area (Å²) in [6.45, 7) is 7.04. The highest BCUT2D eigenvalue weighted by Crippen LogP contribution is 2.38. The molecule has 0 aromatic heterocycles. The Labute approximate surface area is 172 Å². The van der Waals surface area contributed by atoms with Crippen molar-refractivity contribution in [1.29, 1.82) is 0 Å². The topological polar surface area (TPSA) is 81.7 Å². The number of rotatable bonds is 4. The van der Waals surface area contributed by atoms with E-state index in [0.717, 1.165) is 0 Å². The Morgan fingerprint density at radius 1 is 1.21 bits per heavy atom. The maximum Gasteiger partial charge on any atom is 0.408 e. The lowest BCUT2D eigenvalue weighted by atomic mass is 9.68. The molecule has 6 nitrogen and oxygen atoms in total. The van der Waals surface area contributed by atoms with Crippen molar-refractivity contribution in [1.82, 2.24) is 5.32 Å². The normalized spacial score (nSPS) is 20.1. The molecule has 1 amide bonds. The van der Waals surface area contributed by atoms with Gasteiger partial charge in [0.1, 0.15) is 11.6 Å². The standard InChI is InChI=1S/C23H29NO5/c1-5-28-20(26)23(16-10-9-13-19(23)25)18(24-21(27)29-22(2,3)4)15-14-17-11-7-6-8-12-17/h6-8,11-12,18H,5,9-10,13,16H2,1-4H3,(H,24,27). The van der Waals surface area contributed by atoms with Gasteiger partial charge >= 0.3 is 12.1 Å². The Hall–Kier alpha value is -2.81. The fourth-order valence-corrected chi connectivity index (χ4v) is 3.34. The molecular weight excluding hydrogens is 370 g/mol. The van der Waals surface area contributed by atoms with Crippen LogP contribution in [0.5, 0.6) is 0 Å². The quantitative estimate of drug-likeness (QED) is 0.475. The molecule has 1 N–H and O–H groups in total. The number of Topliss-reactive ketones (excluding diaryl/α,β-unsaturated/α-hetero) is 1. The second-order valence-electron chi connectivity index (χ2n) is 8.04. The number of nitrogens with one attached hydrogen (secondary N) is 1. The highest BCUT2D eigenvalue weighted by atomic mass is 16.6. The molecule has 2 unspecified atom stereocenters. The van der Waals surface area contributed by atoms with Gasteiger partial charge in [-0.2, -0.15) is 0 Å². The molecule has 6 heteroatoms. The van der Waals surface area contributed by atoms with E-state index < -0.39 is 29.1 Å². The van der Waals surface area contributed by atoms with Crippen molar-refractivity contribution in [3.05, 3.63) is 35.9 Å². The number of hydrogen-bond donors (Lipinski definition) is 1. The minimum Gasteiger partial charge on any atom is -0.465 e. The van der Waals surface area contributed by atoms with Gasteiger partial charge in [0.25, 0.3) is 0 Å². The van der Waals surface area contributed by atoms with E-state index in [4.69, 9.17) is 9.47 Å². The van der Waals surface area contributed by atoms with E-state index >= 15 is 0 Å². The van der Waals surface area contributed by atoms with Crippen molar-refractivity contribution in [2.75, 3.05) is 6.61 Å². The molecule has 1 fully saturated rings. The number of carbonyl (C=O) groups excluding carboxylic acids is 3. The summed E-state index contributed by atoms with van der Waals surface area (Å²) in [5.41, 5.74) is -1.55. The van der Waals surface area contributed by atoms with Gasteiger partial charge in [-0.25, -0.2) is 4.79 Å². The molecular formula is C23H29NO5. The van der Waals surface area contributed by atoms with Crippen LogP contribution in [-0.4, -0.2) is 36.1 Å². The van der Waals surface area contributed by atoms with Crippen LogP contribution in [0.3, 0.4) is 0 Å². The van der Waals surface area contributed by atoms with E-state index in [1.54, 1.807) is 27.7 Å². The Morgan fingerprint density at radius 2 is 1.90 bits per heavy atom. The molecule has 1 aromatic rings. The number of amides is 1. The highest BCUT2D eigenvalue weighted by molar-refractivity contribution is 6.06. The zero-order valence-corrected chi connectivity index (χ0v) is 17.5. The van der Waals surface area contributed by atoms with Crippen LogP contribution < -0.4 is 5.32 Å². The molecule has 0 aliphatic heterocycles. The first kappa shape index (κ1) is 22.5. The number of ketones is 1. The molecule has 1 aliphatic rings.